The summed E-state index contributed by atoms with van der Waals surface area (Å²) in [6.45, 7) is 5.74. The highest BCUT2D eigenvalue weighted by Gasteiger charge is 2.17. The SMILES string of the molecule is Cc1nn(C(C)C)c(Oc2ccc(F)c(Cl)c2)c1N. The maximum atomic E-state index is 13.1. The summed E-state index contributed by atoms with van der Waals surface area (Å²) in [6, 6.07) is 4.25. The van der Waals surface area contributed by atoms with Crippen LogP contribution in [0.5, 0.6) is 11.6 Å². The Kier molecular flexibility index (Phi) is 3.66. The second-order valence-electron chi connectivity index (χ2n) is 4.52. The summed E-state index contributed by atoms with van der Waals surface area (Å²) in [5.41, 5.74) is 7.10. The predicted octanol–water partition coefficient (Wildman–Crippen LogP) is 3.94. The molecule has 0 amide bonds. The van der Waals surface area contributed by atoms with Crippen molar-refractivity contribution >= 4 is 17.3 Å². The van der Waals surface area contributed by atoms with Crippen molar-refractivity contribution in [3.05, 3.63) is 34.7 Å². The summed E-state index contributed by atoms with van der Waals surface area (Å²) >= 11 is 5.72. The molecule has 0 aliphatic rings. The molecular formula is C13H15ClFN3O. The lowest BCUT2D eigenvalue weighted by Gasteiger charge is -2.12. The third-order valence-electron chi connectivity index (χ3n) is 2.68. The number of benzene rings is 1. The summed E-state index contributed by atoms with van der Waals surface area (Å²) in [5.74, 6) is 0.366. The van der Waals surface area contributed by atoms with Gasteiger partial charge in [0.25, 0.3) is 0 Å². The van der Waals surface area contributed by atoms with Gasteiger partial charge < -0.3 is 10.5 Å². The second-order valence-corrected chi connectivity index (χ2v) is 4.93. The lowest BCUT2D eigenvalue weighted by Crippen LogP contribution is -2.05. The Labute approximate surface area is 115 Å². The highest BCUT2D eigenvalue weighted by molar-refractivity contribution is 6.30. The molecule has 0 radical (unpaired) electrons. The van der Waals surface area contributed by atoms with Gasteiger partial charge in [0, 0.05) is 6.07 Å². The van der Waals surface area contributed by atoms with Crippen molar-refractivity contribution in [1.82, 2.24) is 9.78 Å². The summed E-state index contributed by atoms with van der Waals surface area (Å²) in [4.78, 5) is 0. The van der Waals surface area contributed by atoms with Crippen molar-refractivity contribution in [2.45, 2.75) is 26.8 Å². The average molecular weight is 284 g/mol. The third kappa shape index (κ3) is 2.66. The molecule has 0 atom stereocenters. The van der Waals surface area contributed by atoms with Crippen LogP contribution in [0.4, 0.5) is 10.1 Å². The zero-order chi connectivity index (χ0) is 14.2. The fourth-order valence-electron chi connectivity index (χ4n) is 1.64. The minimum absolute atomic E-state index is 0.00315. The molecule has 1 aromatic heterocycles. The van der Waals surface area contributed by atoms with E-state index < -0.39 is 5.82 Å². The molecule has 1 heterocycles. The van der Waals surface area contributed by atoms with E-state index in [1.165, 1.54) is 18.2 Å². The van der Waals surface area contributed by atoms with Crippen LogP contribution >= 0.6 is 11.6 Å². The van der Waals surface area contributed by atoms with Crippen LogP contribution in [0.3, 0.4) is 0 Å². The van der Waals surface area contributed by atoms with Gasteiger partial charge in [0.1, 0.15) is 17.3 Å². The molecule has 0 aliphatic heterocycles. The highest BCUT2D eigenvalue weighted by atomic mass is 35.5. The van der Waals surface area contributed by atoms with E-state index in [1.807, 2.05) is 13.8 Å². The van der Waals surface area contributed by atoms with Crippen molar-refractivity contribution in [1.29, 1.82) is 0 Å². The number of nitrogens with two attached hydrogens (primary N) is 1. The van der Waals surface area contributed by atoms with E-state index in [2.05, 4.69) is 5.10 Å². The molecule has 0 saturated carbocycles. The normalized spacial score (nSPS) is 11.1. The molecule has 102 valence electrons. The summed E-state index contributed by atoms with van der Waals surface area (Å²) < 4.78 is 20.5. The number of hydrogen-bond acceptors (Lipinski definition) is 3. The van der Waals surface area contributed by atoms with Crippen LogP contribution in [-0.2, 0) is 0 Å². The van der Waals surface area contributed by atoms with E-state index in [4.69, 9.17) is 22.1 Å². The smallest absolute Gasteiger partial charge is 0.241 e. The monoisotopic (exact) mass is 283 g/mol. The molecule has 2 aromatic rings. The van der Waals surface area contributed by atoms with Crippen LogP contribution in [-0.4, -0.2) is 9.78 Å². The Morgan fingerprint density at radius 1 is 1.42 bits per heavy atom. The summed E-state index contributed by atoms with van der Waals surface area (Å²) in [7, 11) is 0. The van der Waals surface area contributed by atoms with Crippen molar-refractivity contribution in [2.75, 3.05) is 5.73 Å². The van der Waals surface area contributed by atoms with Gasteiger partial charge in [-0.1, -0.05) is 11.6 Å². The van der Waals surface area contributed by atoms with Crippen molar-refractivity contribution in [2.24, 2.45) is 0 Å². The van der Waals surface area contributed by atoms with Crippen LogP contribution < -0.4 is 10.5 Å². The van der Waals surface area contributed by atoms with Crippen LogP contribution in [0.1, 0.15) is 25.6 Å². The van der Waals surface area contributed by atoms with Gasteiger partial charge in [-0.25, -0.2) is 9.07 Å². The van der Waals surface area contributed by atoms with Crippen LogP contribution in [0.15, 0.2) is 18.2 Å². The van der Waals surface area contributed by atoms with Crippen LogP contribution in [0, 0.1) is 12.7 Å². The average Bonchev–Trinajstić information content (AvgIpc) is 2.62. The van der Waals surface area contributed by atoms with Gasteiger partial charge in [0.15, 0.2) is 0 Å². The third-order valence-corrected chi connectivity index (χ3v) is 2.97. The van der Waals surface area contributed by atoms with Gasteiger partial charge in [-0.3, -0.25) is 0 Å². The maximum Gasteiger partial charge on any atom is 0.241 e. The van der Waals surface area contributed by atoms with Crippen molar-refractivity contribution in [3.8, 4) is 11.6 Å². The van der Waals surface area contributed by atoms with Crippen LogP contribution in [0.2, 0.25) is 5.02 Å². The first-order valence-electron chi connectivity index (χ1n) is 5.87. The molecule has 0 saturated heterocycles. The predicted molar refractivity (Wildman–Crippen MR) is 73.2 cm³/mol. The molecular weight excluding hydrogens is 269 g/mol. The molecule has 19 heavy (non-hydrogen) atoms. The molecule has 2 N–H and O–H groups in total. The number of aryl methyl sites for hydroxylation is 1. The molecule has 6 heteroatoms. The number of halogens is 2. The van der Waals surface area contributed by atoms with Gasteiger partial charge in [-0.05, 0) is 32.9 Å². The van der Waals surface area contributed by atoms with E-state index in [-0.39, 0.29) is 11.1 Å². The van der Waals surface area contributed by atoms with E-state index in [1.54, 1.807) is 11.6 Å². The van der Waals surface area contributed by atoms with Gasteiger partial charge in [0.05, 0.1) is 16.8 Å². The lowest BCUT2D eigenvalue weighted by molar-refractivity contribution is 0.389. The molecule has 4 nitrogen and oxygen atoms in total. The number of ether oxygens (including phenoxy) is 1. The molecule has 0 spiro atoms. The van der Waals surface area contributed by atoms with Gasteiger partial charge >= 0.3 is 0 Å². The number of aromatic nitrogens is 2. The van der Waals surface area contributed by atoms with Crippen molar-refractivity contribution in [3.63, 3.8) is 0 Å². The van der Waals surface area contributed by atoms with E-state index >= 15 is 0 Å². The maximum absolute atomic E-state index is 13.1. The molecule has 0 unspecified atom stereocenters. The first kappa shape index (κ1) is 13.7. The Hall–Kier alpha value is -1.75. The van der Waals surface area contributed by atoms with E-state index in [9.17, 15) is 4.39 Å². The van der Waals surface area contributed by atoms with E-state index in [0.29, 0.717) is 23.0 Å². The Balaban J connectivity index is 2.40. The Morgan fingerprint density at radius 3 is 2.68 bits per heavy atom. The van der Waals surface area contributed by atoms with E-state index in [0.717, 1.165) is 0 Å². The Bertz CT molecular complexity index is 610. The van der Waals surface area contributed by atoms with Gasteiger partial charge in [-0.2, -0.15) is 5.10 Å². The quantitative estimate of drug-likeness (QED) is 0.928. The number of anilines is 1. The van der Waals surface area contributed by atoms with Gasteiger partial charge in [0.2, 0.25) is 5.88 Å². The fraction of sp³-hybridized carbons (Fsp3) is 0.308. The number of nitrogens with zero attached hydrogens (tertiary/aromatic N) is 2. The fourth-order valence-corrected chi connectivity index (χ4v) is 1.81. The van der Waals surface area contributed by atoms with Gasteiger partial charge in [-0.15, -0.1) is 0 Å². The minimum atomic E-state index is -0.490. The first-order chi connectivity index (χ1) is 8.90. The molecule has 0 fully saturated rings. The zero-order valence-corrected chi connectivity index (χ0v) is 11.7. The largest absolute Gasteiger partial charge is 0.437 e. The second kappa shape index (κ2) is 5.09. The molecule has 1 aromatic carbocycles. The molecule has 2 rings (SSSR count). The van der Waals surface area contributed by atoms with Crippen molar-refractivity contribution < 1.29 is 9.13 Å². The zero-order valence-electron chi connectivity index (χ0n) is 10.9. The Morgan fingerprint density at radius 2 is 2.11 bits per heavy atom. The standard InChI is InChI=1S/C13H15ClFN3O/c1-7(2)18-13(12(16)8(3)17-18)19-9-4-5-11(15)10(14)6-9/h4-7H,16H2,1-3H3. The number of rotatable bonds is 3. The lowest BCUT2D eigenvalue weighted by atomic mass is 10.3. The topological polar surface area (TPSA) is 53.1 Å². The first-order valence-corrected chi connectivity index (χ1v) is 6.25. The summed E-state index contributed by atoms with van der Waals surface area (Å²) in [6.07, 6.45) is 0. The number of nitrogen functional groups attached to an aromatic ring is 1. The highest BCUT2D eigenvalue weighted by Crippen LogP contribution is 2.33. The minimum Gasteiger partial charge on any atom is -0.437 e. The number of hydrogen-bond donors (Lipinski definition) is 1. The molecule has 0 bridgehead atoms. The molecule has 0 aliphatic carbocycles. The summed E-state index contributed by atoms with van der Waals surface area (Å²) in [5, 5.41) is 4.31. The van der Waals surface area contributed by atoms with Crippen LogP contribution in [0.25, 0.3) is 0 Å².